The lowest BCUT2D eigenvalue weighted by Crippen LogP contribution is -2.48. The van der Waals surface area contributed by atoms with E-state index in [1.165, 1.54) is 0 Å². The third kappa shape index (κ3) is 3.72. The molecule has 6 nitrogen and oxygen atoms in total. The van der Waals surface area contributed by atoms with Crippen molar-refractivity contribution in [3.8, 4) is 23.0 Å². The molecule has 2 aliphatic rings. The maximum atomic E-state index is 12.5. The lowest BCUT2D eigenvalue weighted by atomic mass is 9.71. The Labute approximate surface area is 206 Å². The van der Waals surface area contributed by atoms with Gasteiger partial charge in [0.05, 0.1) is 26.4 Å². The Morgan fingerprint density at radius 3 is 2.43 bits per heavy atom. The zero-order chi connectivity index (χ0) is 24.5. The minimum Gasteiger partial charge on any atom is -0.497 e. The molecule has 0 radical (unpaired) electrons. The molecule has 35 heavy (non-hydrogen) atoms. The number of fused-ring (bicyclic) bond motifs is 3. The number of ether oxygens (including phenoxy) is 4. The van der Waals surface area contributed by atoms with Crippen molar-refractivity contribution in [2.75, 3.05) is 27.4 Å². The van der Waals surface area contributed by atoms with E-state index in [1.807, 2.05) is 54.6 Å². The van der Waals surface area contributed by atoms with Crippen LogP contribution in [0.15, 0.2) is 66.7 Å². The lowest BCUT2D eigenvalue weighted by Gasteiger charge is -2.40. The van der Waals surface area contributed by atoms with Gasteiger partial charge in [-0.2, -0.15) is 0 Å². The molecule has 1 heterocycles. The highest BCUT2D eigenvalue weighted by molar-refractivity contribution is 5.61. The summed E-state index contributed by atoms with van der Waals surface area (Å²) in [6.07, 6.45) is 3.08. The monoisotopic (exact) mass is 475 g/mol. The van der Waals surface area contributed by atoms with Crippen LogP contribution in [-0.4, -0.2) is 32.5 Å². The number of rotatable bonds is 9. The van der Waals surface area contributed by atoms with Crippen molar-refractivity contribution in [1.82, 2.24) is 0 Å². The van der Waals surface area contributed by atoms with Gasteiger partial charge in [-0.05, 0) is 55.5 Å². The Kier molecular flexibility index (Phi) is 6.34. The Hall–Kier alpha value is -3.22. The van der Waals surface area contributed by atoms with E-state index in [0.29, 0.717) is 42.4 Å². The van der Waals surface area contributed by atoms with Crippen molar-refractivity contribution in [1.29, 1.82) is 0 Å². The first-order valence-electron chi connectivity index (χ1n) is 12.2. The molecule has 0 spiro atoms. The summed E-state index contributed by atoms with van der Waals surface area (Å²) in [5.41, 5.74) is 6.03. The van der Waals surface area contributed by atoms with Gasteiger partial charge in [-0.1, -0.05) is 42.5 Å². The fourth-order valence-corrected chi connectivity index (χ4v) is 5.83. The molecule has 1 aliphatic heterocycles. The second-order valence-electron chi connectivity index (χ2n) is 9.27. The van der Waals surface area contributed by atoms with Gasteiger partial charge in [0.15, 0.2) is 5.60 Å². The van der Waals surface area contributed by atoms with E-state index in [9.17, 15) is 5.11 Å². The van der Waals surface area contributed by atoms with Crippen LogP contribution in [0.2, 0.25) is 0 Å². The van der Waals surface area contributed by atoms with Crippen molar-refractivity contribution in [2.45, 2.75) is 42.8 Å². The summed E-state index contributed by atoms with van der Waals surface area (Å²) < 4.78 is 24.1. The third-order valence-electron chi connectivity index (χ3n) is 7.43. The van der Waals surface area contributed by atoms with Crippen molar-refractivity contribution < 1.29 is 24.1 Å². The summed E-state index contributed by atoms with van der Waals surface area (Å²) in [6, 6.07) is 21.8. The van der Waals surface area contributed by atoms with E-state index >= 15 is 0 Å². The molecule has 1 saturated carbocycles. The van der Waals surface area contributed by atoms with Gasteiger partial charge in [0, 0.05) is 18.1 Å². The fourth-order valence-electron chi connectivity index (χ4n) is 5.83. The Morgan fingerprint density at radius 1 is 0.971 bits per heavy atom. The highest BCUT2D eigenvalue weighted by Gasteiger charge is 2.69. The molecule has 3 N–H and O–H groups in total. The van der Waals surface area contributed by atoms with Crippen LogP contribution in [0.5, 0.6) is 23.0 Å². The molecule has 0 amide bonds. The zero-order valence-corrected chi connectivity index (χ0v) is 20.3. The highest BCUT2D eigenvalue weighted by atomic mass is 16.5. The van der Waals surface area contributed by atoms with Gasteiger partial charge in [0.2, 0.25) is 0 Å². The SMILES string of the molecule is COc1ccc([C@]23Oc4cc(OCCCCN)cc(OC)c4[C@@]2(O)CCC3c2ccccc2)cc1. The molecule has 0 saturated heterocycles. The molecule has 184 valence electrons. The summed E-state index contributed by atoms with van der Waals surface area (Å²) in [5, 5.41) is 12.5. The maximum absolute atomic E-state index is 12.5. The topological polar surface area (TPSA) is 83.2 Å². The molecule has 1 aliphatic carbocycles. The number of hydrogen-bond acceptors (Lipinski definition) is 6. The molecule has 1 fully saturated rings. The van der Waals surface area contributed by atoms with Crippen LogP contribution < -0.4 is 24.7 Å². The molecule has 1 unspecified atom stereocenters. The normalized spacial score (nSPS) is 24.4. The van der Waals surface area contributed by atoms with Gasteiger partial charge in [0.25, 0.3) is 0 Å². The molecule has 3 atom stereocenters. The predicted molar refractivity (Wildman–Crippen MR) is 134 cm³/mol. The standard InChI is InChI=1S/C29H33NO5/c1-32-22-12-10-21(11-13-22)29-24(20-8-4-3-5-9-20)14-15-28(29,31)27-25(33-2)18-23(19-26(27)35-29)34-17-7-6-16-30/h3-5,8-13,18-19,24,31H,6-7,14-17,30H2,1-2H3/t24?,28-,29+/m0/s1. The molecule has 0 aromatic heterocycles. The molecule has 3 aromatic rings. The number of benzene rings is 3. The van der Waals surface area contributed by atoms with Gasteiger partial charge in [-0.3, -0.25) is 0 Å². The maximum Gasteiger partial charge on any atom is 0.174 e. The molecule has 0 bridgehead atoms. The Morgan fingerprint density at radius 2 is 1.74 bits per heavy atom. The van der Waals surface area contributed by atoms with Crippen molar-refractivity contribution in [3.05, 3.63) is 83.4 Å². The fraction of sp³-hybridized carbons (Fsp3) is 0.379. The number of methoxy groups -OCH3 is 2. The zero-order valence-electron chi connectivity index (χ0n) is 20.3. The number of aliphatic hydroxyl groups is 1. The predicted octanol–water partition coefficient (Wildman–Crippen LogP) is 4.87. The summed E-state index contributed by atoms with van der Waals surface area (Å²) in [7, 11) is 3.27. The molecule has 5 rings (SSSR count). The minimum atomic E-state index is -1.28. The van der Waals surface area contributed by atoms with E-state index in [1.54, 1.807) is 14.2 Å². The van der Waals surface area contributed by atoms with Crippen molar-refractivity contribution in [2.24, 2.45) is 5.73 Å². The highest BCUT2D eigenvalue weighted by Crippen LogP contribution is 2.68. The van der Waals surface area contributed by atoms with Gasteiger partial charge >= 0.3 is 0 Å². The largest absolute Gasteiger partial charge is 0.497 e. The summed E-state index contributed by atoms with van der Waals surface area (Å²) >= 11 is 0. The summed E-state index contributed by atoms with van der Waals surface area (Å²) in [5.74, 6) is 2.51. The van der Waals surface area contributed by atoms with Crippen molar-refractivity contribution in [3.63, 3.8) is 0 Å². The first-order chi connectivity index (χ1) is 17.1. The number of hydrogen-bond donors (Lipinski definition) is 2. The van der Waals surface area contributed by atoms with Crippen LogP contribution in [0.25, 0.3) is 0 Å². The van der Waals surface area contributed by atoms with Crippen molar-refractivity contribution >= 4 is 0 Å². The van der Waals surface area contributed by atoms with E-state index in [0.717, 1.165) is 36.1 Å². The van der Waals surface area contributed by atoms with Gasteiger partial charge < -0.3 is 29.8 Å². The van der Waals surface area contributed by atoms with Gasteiger partial charge in [0.1, 0.15) is 28.6 Å². The van der Waals surface area contributed by atoms with Crippen LogP contribution in [0, 0.1) is 0 Å². The molecular weight excluding hydrogens is 442 g/mol. The summed E-state index contributed by atoms with van der Waals surface area (Å²) in [4.78, 5) is 0. The number of nitrogens with two attached hydrogens (primary N) is 1. The lowest BCUT2D eigenvalue weighted by molar-refractivity contribution is -0.106. The number of unbranched alkanes of at least 4 members (excludes halogenated alkanes) is 1. The van der Waals surface area contributed by atoms with E-state index < -0.39 is 11.2 Å². The summed E-state index contributed by atoms with van der Waals surface area (Å²) in [6.45, 7) is 1.19. The van der Waals surface area contributed by atoms with Crippen LogP contribution in [0.4, 0.5) is 0 Å². The third-order valence-corrected chi connectivity index (χ3v) is 7.43. The van der Waals surface area contributed by atoms with Gasteiger partial charge in [-0.15, -0.1) is 0 Å². The van der Waals surface area contributed by atoms with E-state index in [2.05, 4.69) is 12.1 Å². The van der Waals surface area contributed by atoms with Crippen LogP contribution in [0.3, 0.4) is 0 Å². The average molecular weight is 476 g/mol. The Balaban J connectivity index is 1.64. The van der Waals surface area contributed by atoms with Crippen LogP contribution >= 0.6 is 0 Å². The quantitative estimate of drug-likeness (QED) is 0.430. The minimum absolute atomic E-state index is 0.0619. The van der Waals surface area contributed by atoms with Gasteiger partial charge in [-0.25, -0.2) is 0 Å². The van der Waals surface area contributed by atoms with Crippen LogP contribution in [0.1, 0.15) is 48.3 Å². The second kappa shape index (κ2) is 9.44. The first kappa shape index (κ1) is 23.5. The molecule has 3 aromatic carbocycles. The molecular formula is C29H33NO5. The van der Waals surface area contributed by atoms with E-state index in [4.69, 9.17) is 24.7 Å². The Bertz CT molecular complexity index is 1170. The first-order valence-corrected chi connectivity index (χ1v) is 12.2. The second-order valence-corrected chi connectivity index (χ2v) is 9.27. The smallest absolute Gasteiger partial charge is 0.174 e. The van der Waals surface area contributed by atoms with Crippen LogP contribution in [-0.2, 0) is 11.2 Å². The van der Waals surface area contributed by atoms with E-state index in [-0.39, 0.29) is 5.92 Å². The average Bonchev–Trinajstić information content (AvgIpc) is 3.33. The molecule has 6 heteroatoms.